The summed E-state index contributed by atoms with van der Waals surface area (Å²) in [5.41, 5.74) is -0.175. The summed E-state index contributed by atoms with van der Waals surface area (Å²) in [6, 6.07) is -0.0987. The minimum atomic E-state index is -0.175. The van der Waals surface area contributed by atoms with Crippen molar-refractivity contribution in [3.63, 3.8) is 0 Å². The summed E-state index contributed by atoms with van der Waals surface area (Å²) in [4.78, 5) is 11.8. The van der Waals surface area contributed by atoms with Gasteiger partial charge in [-0.15, -0.1) is 0 Å². The van der Waals surface area contributed by atoms with Crippen LogP contribution in [0.5, 0.6) is 0 Å². The zero-order valence-corrected chi connectivity index (χ0v) is 13.1. The average Bonchev–Trinajstić information content (AvgIpc) is 2.75. The Kier molecular flexibility index (Phi) is 7.30. The van der Waals surface area contributed by atoms with Crippen LogP contribution in [0.3, 0.4) is 0 Å². The first-order valence-electron chi connectivity index (χ1n) is 7.71. The Labute approximate surface area is 122 Å². The number of amides is 2. The van der Waals surface area contributed by atoms with E-state index in [2.05, 4.69) is 24.5 Å². The van der Waals surface area contributed by atoms with Gasteiger partial charge < -0.3 is 20.5 Å². The zero-order valence-electron chi connectivity index (χ0n) is 13.1. The zero-order chi connectivity index (χ0) is 15.0. The van der Waals surface area contributed by atoms with E-state index in [9.17, 15) is 9.90 Å². The largest absolute Gasteiger partial charge is 0.396 e. The molecule has 0 aliphatic heterocycles. The number of aliphatic hydroxyl groups is 1. The molecule has 1 aliphatic rings. The van der Waals surface area contributed by atoms with Gasteiger partial charge in [0.1, 0.15) is 0 Å². The first-order chi connectivity index (χ1) is 9.48. The van der Waals surface area contributed by atoms with Gasteiger partial charge in [0.15, 0.2) is 0 Å². The molecule has 0 aromatic rings. The highest BCUT2D eigenvalue weighted by molar-refractivity contribution is 5.74. The standard InChI is InChI=1S/C15H30N2O3/c1-12(2)6-9-20-10-8-16-14(19)17-13-5-4-7-15(13,3)11-18/h12-13,18H,4-11H2,1-3H3,(H2,16,17,19). The summed E-state index contributed by atoms with van der Waals surface area (Å²) in [6.45, 7) is 8.28. The van der Waals surface area contributed by atoms with Gasteiger partial charge in [0, 0.05) is 24.6 Å². The molecule has 0 radical (unpaired) electrons. The number of urea groups is 1. The van der Waals surface area contributed by atoms with Gasteiger partial charge in [-0.2, -0.15) is 0 Å². The molecule has 1 rings (SSSR count). The van der Waals surface area contributed by atoms with E-state index in [1.54, 1.807) is 0 Å². The molecule has 0 bridgehead atoms. The molecule has 0 aromatic carbocycles. The predicted molar refractivity (Wildman–Crippen MR) is 79.6 cm³/mol. The summed E-state index contributed by atoms with van der Waals surface area (Å²) in [7, 11) is 0. The van der Waals surface area contributed by atoms with Crippen LogP contribution in [0.15, 0.2) is 0 Å². The summed E-state index contributed by atoms with van der Waals surface area (Å²) in [5, 5.41) is 15.2. The fraction of sp³-hybridized carbons (Fsp3) is 0.933. The van der Waals surface area contributed by atoms with Crippen molar-refractivity contribution >= 4 is 6.03 Å². The van der Waals surface area contributed by atoms with Crippen LogP contribution < -0.4 is 10.6 Å². The summed E-state index contributed by atoms with van der Waals surface area (Å²) < 4.78 is 5.44. The lowest BCUT2D eigenvalue weighted by Gasteiger charge is -2.30. The van der Waals surface area contributed by atoms with Crippen LogP contribution in [0.4, 0.5) is 4.79 Å². The van der Waals surface area contributed by atoms with Gasteiger partial charge in [0.25, 0.3) is 0 Å². The Morgan fingerprint density at radius 3 is 2.85 bits per heavy atom. The normalized spacial score (nSPS) is 25.9. The van der Waals surface area contributed by atoms with Gasteiger partial charge >= 0.3 is 6.03 Å². The lowest BCUT2D eigenvalue weighted by atomic mass is 9.86. The van der Waals surface area contributed by atoms with Crippen LogP contribution in [0, 0.1) is 11.3 Å². The molecule has 0 saturated heterocycles. The SMILES string of the molecule is CC(C)CCOCCNC(=O)NC1CCCC1(C)CO. The van der Waals surface area contributed by atoms with Crippen LogP contribution in [-0.4, -0.2) is 43.5 Å². The molecule has 0 spiro atoms. The van der Waals surface area contributed by atoms with E-state index in [1.807, 2.05) is 6.92 Å². The van der Waals surface area contributed by atoms with Gasteiger partial charge in [0.05, 0.1) is 13.2 Å². The molecule has 5 heteroatoms. The lowest BCUT2D eigenvalue weighted by Crippen LogP contribution is -2.49. The number of hydrogen-bond acceptors (Lipinski definition) is 3. The van der Waals surface area contributed by atoms with Crippen LogP contribution >= 0.6 is 0 Å². The maximum absolute atomic E-state index is 11.8. The molecular formula is C15H30N2O3. The molecule has 2 unspecified atom stereocenters. The van der Waals surface area contributed by atoms with Crippen molar-refractivity contribution in [1.82, 2.24) is 10.6 Å². The molecule has 20 heavy (non-hydrogen) atoms. The maximum Gasteiger partial charge on any atom is 0.315 e. The Morgan fingerprint density at radius 1 is 1.45 bits per heavy atom. The molecule has 3 N–H and O–H groups in total. The van der Waals surface area contributed by atoms with Gasteiger partial charge in [-0.05, 0) is 25.2 Å². The Morgan fingerprint density at radius 2 is 2.20 bits per heavy atom. The van der Waals surface area contributed by atoms with Gasteiger partial charge in [-0.3, -0.25) is 0 Å². The summed E-state index contributed by atoms with van der Waals surface area (Å²) in [5.74, 6) is 0.643. The second-order valence-corrected chi connectivity index (χ2v) is 6.45. The average molecular weight is 286 g/mol. The number of carbonyl (C=O) groups excluding carboxylic acids is 1. The molecular weight excluding hydrogens is 256 g/mol. The minimum absolute atomic E-state index is 0.0642. The van der Waals surface area contributed by atoms with Crippen LogP contribution in [0.1, 0.15) is 46.5 Å². The first-order valence-corrected chi connectivity index (χ1v) is 7.71. The molecule has 0 heterocycles. The number of aliphatic hydroxyl groups excluding tert-OH is 1. The van der Waals surface area contributed by atoms with Crippen molar-refractivity contribution in [2.45, 2.75) is 52.5 Å². The van der Waals surface area contributed by atoms with E-state index >= 15 is 0 Å². The Hall–Kier alpha value is -0.810. The number of nitrogens with one attached hydrogen (secondary N) is 2. The van der Waals surface area contributed by atoms with E-state index in [1.165, 1.54) is 0 Å². The van der Waals surface area contributed by atoms with Gasteiger partial charge in [-0.1, -0.05) is 27.2 Å². The first kappa shape index (κ1) is 17.2. The molecule has 5 nitrogen and oxygen atoms in total. The number of hydrogen-bond donors (Lipinski definition) is 3. The molecule has 2 atom stereocenters. The fourth-order valence-electron chi connectivity index (χ4n) is 2.54. The summed E-state index contributed by atoms with van der Waals surface area (Å²) >= 11 is 0. The van der Waals surface area contributed by atoms with Crippen molar-refractivity contribution in [3.8, 4) is 0 Å². The highest BCUT2D eigenvalue weighted by atomic mass is 16.5. The lowest BCUT2D eigenvalue weighted by molar-refractivity contribution is 0.117. The smallest absolute Gasteiger partial charge is 0.315 e. The molecule has 1 aliphatic carbocycles. The van der Waals surface area contributed by atoms with E-state index < -0.39 is 0 Å². The van der Waals surface area contributed by atoms with Crippen molar-refractivity contribution in [2.24, 2.45) is 11.3 Å². The number of ether oxygens (including phenoxy) is 1. The van der Waals surface area contributed by atoms with E-state index in [-0.39, 0.29) is 24.1 Å². The second-order valence-electron chi connectivity index (χ2n) is 6.45. The van der Waals surface area contributed by atoms with Crippen LogP contribution in [0.2, 0.25) is 0 Å². The van der Waals surface area contributed by atoms with Crippen molar-refractivity contribution in [2.75, 3.05) is 26.4 Å². The second kappa shape index (κ2) is 8.47. The molecule has 1 fully saturated rings. The van der Waals surface area contributed by atoms with Gasteiger partial charge in [0.2, 0.25) is 0 Å². The highest BCUT2D eigenvalue weighted by Gasteiger charge is 2.38. The highest BCUT2D eigenvalue weighted by Crippen LogP contribution is 2.37. The molecule has 118 valence electrons. The fourth-order valence-corrected chi connectivity index (χ4v) is 2.54. The molecule has 1 saturated carbocycles. The van der Waals surface area contributed by atoms with Crippen LogP contribution in [0.25, 0.3) is 0 Å². The third-order valence-electron chi connectivity index (χ3n) is 4.12. The number of carbonyl (C=O) groups is 1. The quantitative estimate of drug-likeness (QED) is 0.597. The minimum Gasteiger partial charge on any atom is -0.396 e. The molecule has 0 aromatic heterocycles. The summed E-state index contributed by atoms with van der Waals surface area (Å²) in [6.07, 6.45) is 4.01. The van der Waals surface area contributed by atoms with E-state index in [4.69, 9.17) is 4.74 Å². The van der Waals surface area contributed by atoms with Crippen molar-refractivity contribution in [1.29, 1.82) is 0 Å². The predicted octanol–water partition coefficient (Wildman–Crippen LogP) is 1.90. The van der Waals surface area contributed by atoms with Gasteiger partial charge in [-0.25, -0.2) is 4.79 Å². The third-order valence-corrected chi connectivity index (χ3v) is 4.12. The number of rotatable bonds is 8. The Balaban J connectivity index is 2.11. The third kappa shape index (κ3) is 5.67. The maximum atomic E-state index is 11.8. The van der Waals surface area contributed by atoms with Crippen molar-refractivity contribution in [3.05, 3.63) is 0 Å². The van der Waals surface area contributed by atoms with E-state index in [0.29, 0.717) is 19.1 Å². The van der Waals surface area contributed by atoms with Crippen LogP contribution in [-0.2, 0) is 4.74 Å². The molecule has 2 amide bonds. The van der Waals surface area contributed by atoms with Crippen molar-refractivity contribution < 1.29 is 14.6 Å². The van der Waals surface area contributed by atoms with E-state index in [0.717, 1.165) is 32.3 Å². The monoisotopic (exact) mass is 286 g/mol. The Bertz CT molecular complexity index is 297. The topological polar surface area (TPSA) is 70.6 Å².